The van der Waals surface area contributed by atoms with Crippen molar-refractivity contribution in [3.05, 3.63) is 47.9 Å². The summed E-state index contributed by atoms with van der Waals surface area (Å²) in [5.41, 5.74) is 1.08. The summed E-state index contributed by atoms with van der Waals surface area (Å²) >= 11 is 0. The number of nitrogens with two attached hydrogens (primary N) is 1. The normalized spacial score (nSPS) is 10.3. The lowest BCUT2D eigenvalue weighted by atomic mass is 10.2. The van der Waals surface area contributed by atoms with Gasteiger partial charge in [-0.2, -0.15) is 0 Å². The Bertz CT molecular complexity index is 596. The van der Waals surface area contributed by atoms with E-state index in [0.29, 0.717) is 12.3 Å². The molecule has 3 N–H and O–H groups in total. The van der Waals surface area contributed by atoms with Crippen LogP contribution < -0.4 is 20.1 Å². The fourth-order valence-corrected chi connectivity index (χ4v) is 2.06. The molecule has 1 aromatic heterocycles. The molecule has 22 heavy (non-hydrogen) atoms. The van der Waals surface area contributed by atoms with Crippen LogP contribution in [0.5, 0.6) is 11.5 Å². The Balaban J connectivity index is 1.73. The number of hydrogen-bond acceptors (Lipinski definition) is 4. The lowest BCUT2D eigenvalue weighted by Crippen LogP contribution is -2.84. The number of carbonyl (C=O) groups excluding carboxylic acids is 1. The molecule has 6 heteroatoms. The van der Waals surface area contributed by atoms with Crippen molar-refractivity contribution in [2.75, 3.05) is 27.3 Å². The van der Waals surface area contributed by atoms with Crippen LogP contribution >= 0.6 is 0 Å². The number of benzene rings is 1. The molecule has 0 saturated carbocycles. The third-order valence-corrected chi connectivity index (χ3v) is 3.24. The molecule has 0 saturated heterocycles. The van der Waals surface area contributed by atoms with Gasteiger partial charge in [0, 0.05) is 11.6 Å². The van der Waals surface area contributed by atoms with Gasteiger partial charge in [-0.1, -0.05) is 0 Å². The molecular weight excluding hydrogens is 284 g/mol. The predicted molar refractivity (Wildman–Crippen MR) is 81.1 cm³/mol. The second-order valence-electron chi connectivity index (χ2n) is 4.69. The number of nitrogens with one attached hydrogen (secondary N) is 1. The van der Waals surface area contributed by atoms with Gasteiger partial charge in [0.15, 0.2) is 5.76 Å². The van der Waals surface area contributed by atoms with Gasteiger partial charge in [0.1, 0.15) is 18.0 Å². The van der Waals surface area contributed by atoms with E-state index in [1.807, 2.05) is 18.2 Å². The van der Waals surface area contributed by atoms with Gasteiger partial charge in [-0.15, -0.1) is 0 Å². The number of methoxy groups -OCH3 is 2. The maximum absolute atomic E-state index is 11.7. The van der Waals surface area contributed by atoms with Crippen molar-refractivity contribution < 1.29 is 24.0 Å². The fourth-order valence-electron chi connectivity index (χ4n) is 2.06. The Hall–Kier alpha value is -2.47. The number of amides is 1. The van der Waals surface area contributed by atoms with E-state index >= 15 is 0 Å². The van der Waals surface area contributed by atoms with Gasteiger partial charge in [-0.05, 0) is 24.3 Å². The molecule has 0 fully saturated rings. The molecule has 0 aliphatic carbocycles. The molecule has 2 rings (SSSR count). The zero-order valence-electron chi connectivity index (χ0n) is 12.8. The van der Waals surface area contributed by atoms with Crippen LogP contribution in [0.2, 0.25) is 0 Å². The summed E-state index contributed by atoms with van der Waals surface area (Å²) in [5.74, 6) is 1.71. The van der Waals surface area contributed by atoms with Crippen LogP contribution in [0.1, 0.15) is 16.1 Å². The summed E-state index contributed by atoms with van der Waals surface area (Å²) in [6.07, 6.45) is 1.48. The monoisotopic (exact) mass is 305 g/mol. The Morgan fingerprint density at radius 1 is 1.27 bits per heavy atom. The molecule has 0 bridgehead atoms. The van der Waals surface area contributed by atoms with Crippen LogP contribution in [0.15, 0.2) is 41.0 Å². The highest BCUT2D eigenvalue weighted by Crippen LogP contribution is 2.23. The first-order valence-corrected chi connectivity index (χ1v) is 7.09. The van der Waals surface area contributed by atoms with Gasteiger partial charge in [0.25, 0.3) is 5.91 Å². The lowest BCUT2D eigenvalue weighted by molar-refractivity contribution is -0.668. The molecule has 6 nitrogen and oxygen atoms in total. The number of rotatable bonds is 8. The smallest absolute Gasteiger partial charge is 0.287 e. The summed E-state index contributed by atoms with van der Waals surface area (Å²) in [5, 5.41) is 4.91. The Morgan fingerprint density at radius 3 is 2.82 bits per heavy atom. The van der Waals surface area contributed by atoms with Crippen LogP contribution in [0, 0.1) is 0 Å². The molecule has 0 aliphatic rings. The van der Waals surface area contributed by atoms with E-state index < -0.39 is 0 Å². The molecule has 118 valence electrons. The van der Waals surface area contributed by atoms with Crippen molar-refractivity contribution in [3.63, 3.8) is 0 Å². The second-order valence-corrected chi connectivity index (χ2v) is 4.69. The topological polar surface area (TPSA) is 77.3 Å². The van der Waals surface area contributed by atoms with Gasteiger partial charge >= 0.3 is 0 Å². The van der Waals surface area contributed by atoms with Crippen LogP contribution in [0.4, 0.5) is 0 Å². The Morgan fingerprint density at radius 2 is 2.14 bits per heavy atom. The van der Waals surface area contributed by atoms with E-state index in [-0.39, 0.29) is 5.91 Å². The van der Waals surface area contributed by atoms with Gasteiger partial charge in [0.05, 0.1) is 33.6 Å². The molecule has 0 atom stereocenters. The van der Waals surface area contributed by atoms with Crippen molar-refractivity contribution in [2.24, 2.45) is 0 Å². The maximum Gasteiger partial charge on any atom is 0.287 e. The first-order chi connectivity index (χ1) is 10.7. The van der Waals surface area contributed by atoms with E-state index in [1.165, 1.54) is 6.26 Å². The van der Waals surface area contributed by atoms with Crippen molar-refractivity contribution in [1.82, 2.24) is 5.32 Å². The minimum atomic E-state index is -0.194. The minimum absolute atomic E-state index is 0.194. The zero-order chi connectivity index (χ0) is 15.8. The van der Waals surface area contributed by atoms with Gasteiger partial charge < -0.3 is 24.5 Å². The summed E-state index contributed by atoms with van der Waals surface area (Å²) < 4.78 is 15.5. The molecule has 2 aromatic rings. The highest BCUT2D eigenvalue weighted by molar-refractivity contribution is 5.91. The zero-order valence-corrected chi connectivity index (χ0v) is 12.8. The second kappa shape index (κ2) is 8.09. The van der Waals surface area contributed by atoms with Crippen molar-refractivity contribution in [1.29, 1.82) is 0 Å². The van der Waals surface area contributed by atoms with Crippen molar-refractivity contribution in [3.8, 4) is 11.5 Å². The average molecular weight is 305 g/mol. The number of ether oxygens (including phenoxy) is 2. The van der Waals surface area contributed by atoms with Crippen molar-refractivity contribution >= 4 is 5.91 Å². The van der Waals surface area contributed by atoms with Gasteiger partial charge in [0.2, 0.25) is 0 Å². The van der Waals surface area contributed by atoms with Crippen LogP contribution in [0.3, 0.4) is 0 Å². The largest absolute Gasteiger partial charge is 0.497 e. The van der Waals surface area contributed by atoms with Crippen molar-refractivity contribution in [2.45, 2.75) is 6.54 Å². The highest BCUT2D eigenvalue weighted by atomic mass is 16.5. The van der Waals surface area contributed by atoms with E-state index in [2.05, 4.69) is 10.6 Å². The summed E-state index contributed by atoms with van der Waals surface area (Å²) in [6.45, 7) is 2.10. The quantitative estimate of drug-likeness (QED) is 0.707. The SMILES string of the molecule is COc1ccc(C[NH2+]CCNC(=O)c2ccco2)c(OC)c1. The lowest BCUT2D eigenvalue weighted by Gasteiger charge is -2.09. The summed E-state index contributed by atoms with van der Waals surface area (Å²) in [7, 11) is 3.27. The number of quaternary nitrogens is 1. The molecular formula is C16H21N2O4+. The predicted octanol–water partition coefficient (Wildman–Crippen LogP) is 0.790. The minimum Gasteiger partial charge on any atom is -0.497 e. The number of furan rings is 1. The van der Waals surface area contributed by atoms with Crippen LogP contribution in [-0.2, 0) is 6.54 Å². The van der Waals surface area contributed by atoms with E-state index in [4.69, 9.17) is 13.9 Å². The van der Waals surface area contributed by atoms with Crippen LogP contribution in [-0.4, -0.2) is 33.2 Å². The molecule has 1 heterocycles. The van der Waals surface area contributed by atoms with Gasteiger partial charge in [-0.25, -0.2) is 0 Å². The van der Waals surface area contributed by atoms with E-state index in [1.54, 1.807) is 26.4 Å². The Kier molecular flexibility index (Phi) is 5.85. The first kappa shape index (κ1) is 15.9. The first-order valence-electron chi connectivity index (χ1n) is 7.09. The number of hydrogen-bond donors (Lipinski definition) is 2. The Labute approximate surface area is 129 Å². The fraction of sp³-hybridized carbons (Fsp3) is 0.312. The highest BCUT2D eigenvalue weighted by Gasteiger charge is 2.08. The maximum atomic E-state index is 11.7. The average Bonchev–Trinajstić information content (AvgIpc) is 3.09. The standard InChI is InChI=1S/C16H20N2O4/c1-20-13-6-5-12(15(10-13)21-2)11-17-7-8-18-16(19)14-4-3-9-22-14/h3-6,9-10,17H,7-8,11H2,1-2H3,(H,18,19)/p+1. The summed E-state index contributed by atoms with van der Waals surface area (Å²) in [6, 6.07) is 9.08. The third kappa shape index (κ3) is 4.26. The van der Waals surface area contributed by atoms with E-state index in [0.717, 1.165) is 30.2 Å². The number of carbonyl (C=O) groups is 1. The summed E-state index contributed by atoms with van der Waals surface area (Å²) in [4.78, 5) is 11.7. The van der Waals surface area contributed by atoms with Crippen LogP contribution in [0.25, 0.3) is 0 Å². The molecule has 0 spiro atoms. The van der Waals surface area contributed by atoms with Gasteiger partial charge in [-0.3, -0.25) is 4.79 Å². The third-order valence-electron chi connectivity index (χ3n) is 3.24. The molecule has 0 unspecified atom stereocenters. The van der Waals surface area contributed by atoms with E-state index in [9.17, 15) is 4.79 Å². The molecule has 0 radical (unpaired) electrons. The molecule has 0 aliphatic heterocycles. The molecule has 1 aromatic carbocycles. The molecule has 1 amide bonds.